The van der Waals surface area contributed by atoms with E-state index in [-0.39, 0.29) is 5.91 Å². The van der Waals surface area contributed by atoms with Gasteiger partial charge in [0.25, 0.3) is 5.91 Å². The summed E-state index contributed by atoms with van der Waals surface area (Å²) < 4.78 is 6.63. The van der Waals surface area contributed by atoms with Crippen LogP contribution in [-0.2, 0) is 11.4 Å². The Kier molecular flexibility index (Phi) is 6.29. The lowest BCUT2D eigenvalue weighted by atomic mass is 10.1. The number of likely N-dealkylation sites (N-methyl/N-ethyl adjacent to an activating group) is 1. The smallest absolute Gasteiger partial charge is 0.266 e. The molecule has 0 bridgehead atoms. The molecule has 1 fully saturated rings. The van der Waals surface area contributed by atoms with Crippen LogP contribution >= 0.6 is 39.3 Å². The highest BCUT2D eigenvalue weighted by atomic mass is 79.9. The molecule has 0 aliphatic carbocycles. The summed E-state index contributed by atoms with van der Waals surface area (Å²) in [5.41, 5.74) is 3.09. The van der Waals surface area contributed by atoms with E-state index in [0.29, 0.717) is 27.5 Å². The van der Waals surface area contributed by atoms with Crippen LogP contribution < -0.4 is 4.74 Å². The van der Waals surface area contributed by atoms with Crippen molar-refractivity contribution in [1.29, 1.82) is 0 Å². The Morgan fingerprint density at radius 1 is 1.30 bits per heavy atom. The zero-order valence-corrected chi connectivity index (χ0v) is 18.3. The molecule has 0 atom stereocenters. The van der Waals surface area contributed by atoms with Crippen molar-refractivity contribution in [3.05, 3.63) is 67.5 Å². The van der Waals surface area contributed by atoms with Gasteiger partial charge in [0.1, 0.15) is 6.61 Å². The quantitative estimate of drug-likeness (QED) is 0.558. The molecule has 1 heterocycles. The predicted octanol–water partition coefficient (Wildman–Crippen LogP) is 5.52. The monoisotopic (exact) mass is 464 g/mol. The highest BCUT2D eigenvalue weighted by Crippen LogP contribution is 2.37. The number of amides is 1. The maximum Gasteiger partial charge on any atom is 0.266 e. The zero-order valence-electron chi connectivity index (χ0n) is 15.1. The van der Waals surface area contributed by atoms with Crippen molar-refractivity contribution < 1.29 is 9.53 Å². The molecule has 0 unspecified atom stereocenters. The molecule has 2 aromatic rings. The minimum absolute atomic E-state index is 0.0763. The first-order valence-corrected chi connectivity index (χ1v) is 10.2. The van der Waals surface area contributed by atoms with Crippen LogP contribution in [0, 0.1) is 6.92 Å². The molecule has 0 radical (unpaired) electrons. The van der Waals surface area contributed by atoms with Crippen LogP contribution in [0.1, 0.15) is 16.7 Å². The van der Waals surface area contributed by atoms with Gasteiger partial charge in [-0.25, -0.2) is 0 Å². The number of carbonyl (C=O) groups is 1. The summed E-state index contributed by atoms with van der Waals surface area (Å²) in [6.07, 6.45) is 1.81. The second-order valence-electron chi connectivity index (χ2n) is 6.07. The molecule has 27 heavy (non-hydrogen) atoms. The molecule has 0 N–H and O–H groups in total. The summed E-state index contributed by atoms with van der Waals surface area (Å²) in [5.74, 6) is 0.505. The number of hydrogen-bond acceptors (Lipinski definition) is 4. The standard InChI is InChI=1S/C20H18BrClN2O2S/c1-12-4-6-13(7-5-12)11-26-18-15(21)8-14(9-16(18)22)10-17-19(25)24(3)20(23-2)27-17/h4-10H,11H2,1-3H3/b17-10-,23-20?. The maximum absolute atomic E-state index is 12.3. The SMILES string of the molecule is CN=C1S/C(=C\c2cc(Cl)c(OCc3ccc(C)cc3)c(Br)c2)C(=O)N1C. The number of carbonyl (C=O) groups excluding carboxylic acids is 1. The summed E-state index contributed by atoms with van der Waals surface area (Å²) in [7, 11) is 3.38. The normalized spacial score (nSPS) is 17.2. The summed E-state index contributed by atoms with van der Waals surface area (Å²) in [6, 6.07) is 11.8. The molecule has 0 saturated carbocycles. The summed E-state index contributed by atoms with van der Waals surface area (Å²) in [6.45, 7) is 2.47. The van der Waals surface area contributed by atoms with Gasteiger partial charge in [-0.3, -0.25) is 14.7 Å². The molecule has 0 aromatic heterocycles. The number of thioether (sulfide) groups is 1. The number of aryl methyl sites for hydroxylation is 1. The molecule has 2 aromatic carbocycles. The van der Waals surface area contributed by atoms with Crippen molar-refractivity contribution >= 4 is 56.4 Å². The van der Waals surface area contributed by atoms with Crippen LogP contribution in [-0.4, -0.2) is 30.1 Å². The van der Waals surface area contributed by atoms with Crippen molar-refractivity contribution in [2.45, 2.75) is 13.5 Å². The minimum Gasteiger partial charge on any atom is -0.486 e. The molecule has 140 valence electrons. The first-order chi connectivity index (χ1) is 12.9. The maximum atomic E-state index is 12.3. The third-order valence-corrected chi connectivity index (χ3v) is 6.04. The highest BCUT2D eigenvalue weighted by Gasteiger charge is 2.29. The fourth-order valence-corrected chi connectivity index (χ4v) is 4.46. The molecule has 4 nitrogen and oxygen atoms in total. The fraction of sp³-hybridized carbons (Fsp3) is 0.200. The van der Waals surface area contributed by atoms with E-state index >= 15 is 0 Å². The van der Waals surface area contributed by atoms with Gasteiger partial charge in [-0.1, -0.05) is 41.4 Å². The van der Waals surface area contributed by atoms with E-state index in [2.05, 4.69) is 20.9 Å². The Bertz CT molecular complexity index is 918. The Hall–Kier alpha value is -1.76. The lowest BCUT2D eigenvalue weighted by Crippen LogP contribution is -2.23. The van der Waals surface area contributed by atoms with Gasteiger partial charge in [-0.15, -0.1) is 0 Å². The number of hydrogen-bond donors (Lipinski definition) is 0. The van der Waals surface area contributed by atoms with Crippen LogP contribution in [0.3, 0.4) is 0 Å². The van der Waals surface area contributed by atoms with Crippen molar-refractivity contribution in [3.8, 4) is 5.75 Å². The van der Waals surface area contributed by atoms with E-state index < -0.39 is 0 Å². The number of benzene rings is 2. The van der Waals surface area contributed by atoms with Crippen LogP contribution in [0.25, 0.3) is 6.08 Å². The van der Waals surface area contributed by atoms with E-state index in [1.165, 1.54) is 22.2 Å². The van der Waals surface area contributed by atoms with Gasteiger partial charge in [0.2, 0.25) is 0 Å². The van der Waals surface area contributed by atoms with Crippen LogP contribution in [0.15, 0.2) is 50.8 Å². The van der Waals surface area contributed by atoms with Crippen molar-refractivity contribution in [2.24, 2.45) is 4.99 Å². The highest BCUT2D eigenvalue weighted by molar-refractivity contribution is 9.10. The lowest BCUT2D eigenvalue weighted by molar-refractivity contribution is -0.121. The molecular weight excluding hydrogens is 448 g/mol. The minimum atomic E-state index is -0.0763. The Morgan fingerprint density at radius 2 is 2.00 bits per heavy atom. The number of nitrogens with zero attached hydrogens (tertiary/aromatic N) is 2. The Balaban J connectivity index is 1.80. The largest absolute Gasteiger partial charge is 0.486 e. The van der Waals surface area contributed by atoms with Gasteiger partial charge in [-0.2, -0.15) is 0 Å². The van der Waals surface area contributed by atoms with Gasteiger partial charge in [0.15, 0.2) is 10.9 Å². The van der Waals surface area contributed by atoms with Crippen LogP contribution in [0.4, 0.5) is 0 Å². The first-order valence-electron chi connectivity index (χ1n) is 8.21. The molecule has 7 heteroatoms. The number of aliphatic imine (C=N–C) groups is 1. The Labute approximate surface area is 176 Å². The van der Waals surface area contributed by atoms with Gasteiger partial charge in [-0.05, 0) is 64.0 Å². The molecule has 3 rings (SSSR count). The van der Waals surface area contributed by atoms with Crippen LogP contribution in [0.5, 0.6) is 5.75 Å². The van der Waals surface area contributed by atoms with Crippen LogP contribution in [0.2, 0.25) is 5.02 Å². The Morgan fingerprint density at radius 3 is 2.59 bits per heavy atom. The first kappa shape index (κ1) is 20.0. The van der Waals surface area contributed by atoms with E-state index in [0.717, 1.165) is 15.6 Å². The zero-order chi connectivity index (χ0) is 19.6. The molecule has 1 aliphatic rings. The van der Waals surface area contributed by atoms with Crippen molar-refractivity contribution in [1.82, 2.24) is 4.90 Å². The summed E-state index contributed by atoms with van der Waals surface area (Å²) in [4.78, 5) is 18.5. The van der Waals surface area contributed by atoms with E-state index in [4.69, 9.17) is 16.3 Å². The van der Waals surface area contributed by atoms with Gasteiger partial charge in [0.05, 0.1) is 14.4 Å². The van der Waals surface area contributed by atoms with E-state index in [1.807, 2.05) is 43.3 Å². The van der Waals surface area contributed by atoms with Gasteiger partial charge in [0, 0.05) is 14.1 Å². The summed E-state index contributed by atoms with van der Waals surface area (Å²) in [5, 5.41) is 1.16. The molecule has 0 spiro atoms. The average molecular weight is 466 g/mol. The lowest BCUT2D eigenvalue weighted by Gasteiger charge is -2.11. The fourth-order valence-electron chi connectivity index (χ4n) is 2.54. The molecule has 1 saturated heterocycles. The topological polar surface area (TPSA) is 41.9 Å². The predicted molar refractivity (Wildman–Crippen MR) is 116 cm³/mol. The third kappa shape index (κ3) is 4.57. The number of halogens is 2. The summed E-state index contributed by atoms with van der Waals surface area (Å²) >= 11 is 11.3. The van der Waals surface area contributed by atoms with Gasteiger partial charge >= 0.3 is 0 Å². The molecule has 1 amide bonds. The molecular formula is C20H18BrClN2O2S. The van der Waals surface area contributed by atoms with E-state index in [1.54, 1.807) is 20.2 Å². The second kappa shape index (κ2) is 8.50. The third-order valence-electron chi connectivity index (χ3n) is 4.02. The second-order valence-corrected chi connectivity index (χ2v) is 8.34. The van der Waals surface area contributed by atoms with Crippen molar-refractivity contribution in [2.75, 3.05) is 14.1 Å². The molecule has 1 aliphatic heterocycles. The van der Waals surface area contributed by atoms with Crippen molar-refractivity contribution in [3.63, 3.8) is 0 Å². The number of amidine groups is 1. The number of ether oxygens (including phenoxy) is 1. The van der Waals surface area contributed by atoms with E-state index in [9.17, 15) is 4.79 Å². The van der Waals surface area contributed by atoms with Gasteiger partial charge < -0.3 is 4.74 Å². The number of rotatable bonds is 4. The average Bonchev–Trinajstić information content (AvgIpc) is 2.90.